The Hall–Kier alpha value is -0.840. The van der Waals surface area contributed by atoms with Crippen molar-refractivity contribution in [2.45, 2.75) is 19.8 Å². The maximum atomic E-state index is 9.75. The largest absolute Gasteiger partial charge is 0.481 e. The SMILES string of the molecule is C=COC(C)=O.O=C(O)CCCBr. The summed E-state index contributed by atoms with van der Waals surface area (Å²) < 4.78 is 4.17. The number of alkyl halides is 1. The number of carbonyl (C=O) groups is 2. The highest BCUT2D eigenvalue weighted by atomic mass is 79.9. The minimum atomic E-state index is -0.723. The number of hydrogen-bond donors (Lipinski definition) is 1. The number of carboxylic acid groups (broad SMARTS) is 1. The van der Waals surface area contributed by atoms with Crippen LogP contribution in [0.1, 0.15) is 19.8 Å². The van der Waals surface area contributed by atoms with E-state index in [1.165, 1.54) is 6.92 Å². The maximum absolute atomic E-state index is 9.75. The molecule has 0 aromatic carbocycles. The molecule has 0 saturated carbocycles. The van der Waals surface area contributed by atoms with E-state index >= 15 is 0 Å². The first kappa shape index (κ1) is 14.7. The number of ether oxygens (including phenoxy) is 1. The summed E-state index contributed by atoms with van der Waals surface area (Å²) in [6, 6.07) is 0. The summed E-state index contributed by atoms with van der Waals surface area (Å²) in [6.45, 7) is 4.48. The number of esters is 1. The zero-order valence-corrected chi connectivity index (χ0v) is 9.04. The summed E-state index contributed by atoms with van der Waals surface area (Å²) in [7, 11) is 0. The normalized spacial score (nSPS) is 7.85. The van der Waals surface area contributed by atoms with Crippen molar-refractivity contribution in [3.63, 3.8) is 0 Å². The van der Waals surface area contributed by atoms with Gasteiger partial charge in [0.25, 0.3) is 0 Å². The number of carbonyl (C=O) groups excluding carboxylic acids is 1. The molecule has 0 aliphatic rings. The first-order chi connectivity index (χ1) is 6.04. The topological polar surface area (TPSA) is 63.6 Å². The van der Waals surface area contributed by atoms with Crippen LogP contribution in [0.15, 0.2) is 12.8 Å². The lowest BCUT2D eigenvalue weighted by atomic mass is 10.3. The second-order valence-corrected chi connectivity index (χ2v) is 2.76. The van der Waals surface area contributed by atoms with Gasteiger partial charge >= 0.3 is 11.9 Å². The van der Waals surface area contributed by atoms with Gasteiger partial charge in [0.05, 0.1) is 6.26 Å². The van der Waals surface area contributed by atoms with Crippen molar-refractivity contribution in [2.75, 3.05) is 5.33 Å². The average Bonchev–Trinajstić information content (AvgIpc) is 2.01. The Morgan fingerprint density at radius 1 is 1.62 bits per heavy atom. The van der Waals surface area contributed by atoms with E-state index in [9.17, 15) is 9.59 Å². The Bertz CT molecular complexity index is 168. The van der Waals surface area contributed by atoms with Gasteiger partial charge in [-0.15, -0.1) is 0 Å². The standard InChI is InChI=1S/C4H7BrO2.C4H6O2/c5-3-1-2-4(6)7;1-3-6-4(2)5/h1-3H2,(H,6,7);3H,1H2,2H3. The van der Waals surface area contributed by atoms with Crippen molar-refractivity contribution in [3.05, 3.63) is 12.8 Å². The summed E-state index contributed by atoms with van der Waals surface area (Å²) in [5.74, 6) is -1.05. The van der Waals surface area contributed by atoms with Crippen LogP contribution in [0.2, 0.25) is 0 Å². The molecule has 0 heterocycles. The Labute approximate surface area is 85.7 Å². The molecular formula is C8H13BrO4. The van der Waals surface area contributed by atoms with Crippen molar-refractivity contribution in [1.29, 1.82) is 0 Å². The molecule has 0 unspecified atom stereocenters. The van der Waals surface area contributed by atoms with Crippen LogP contribution in [-0.2, 0) is 14.3 Å². The summed E-state index contributed by atoms with van der Waals surface area (Å²) in [6.07, 6.45) is 2.09. The highest BCUT2D eigenvalue weighted by Gasteiger charge is 1.91. The van der Waals surface area contributed by atoms with Crippen LogP contribution in [-0.4, -0.2) is 22.4 Å². The molecular weight excluding hydrogens is 240 g/mol. The predicted molar refractivity (Wildman–Crippen MR) is 52.6 cm³/mol. The minimum Gasteiger partial charge on any atom is -0.481 e. The second kappa shape index (κ2) is 11.2. The summed E-state index contributed by atoms with van der Waals surface area (Å²) in [4.78, 5) is 19.5. The third kappa shape index (κ3) is 24.7. The van der Waals surface area contributed by atoms with Crippen molar-refractivity contribution >= 4 is 27.9 Å². The number of aliphatic carboxylic acids is 1. The number of carboxylic acids is 1. The molecule has 0 aromatic heterocycles. The smallest absolute Gasteiger partial charge is 0.307 e. The van der Waals surface area contributed by atoms with Gasteiger partial charge in [-0.2, -0.15) is 0 Å². The molecule has 0 spiro atoms. The fourth-order valence-corrected chi connectivity index (χ4v) is 0.616. The monoisotopic (exact) mass is 252 g/mol. The van der Waals surface area contributed by atoms with Gasteiger partial charge in [-0.1, -0.05) is 22.5 Å². The first-order valence-electron chi connectivity index (χ1n) is 3.60. The molecule has 1 N–H and O–H groups in total. The van der Waals surface area contributed by atoms with E-state index in [1.54, 1.807) is 0 Å². The fourth-order valence-electron chi connectivity index (χ4n) is 0.335. The summed E-state index contributed by atoms with van der Waals surface area (Å²) in [5.41, 5.74) is 0. The Morgan fingerprint density at radius 2 is 2.15 bits per heavy atom. The van der Waals surface area contributed by atoms with Crippen LogP contribution in [0, 0.1) is 0 Å². The molecule has 0 rings (SSSR count). The molecule has 13 heavy (non-hydrogen) atoms. The van der Waals surface area contributed by atoms with Crippen LogP contribution in [0.3, 0.4) is 0 Å². The molecule has 0 aliphatic heterocycles. The van der Waals surface area contributed by atoms with E-state index in [2.05, 4.69) is 27.2 Å². The highest BCUT2D eigenvalue weighted by Crippen LogP contribution is 1.91. The average molecular weight is 253 g/mol. The molecule has 0 bridgehead atoms. The molecule has 0 saturated heterocycles. The van der Waals surface area contributed by atoms with Crippen molar-refractivity contribution in [2.24, 2.45) is 0 Å². The zero-order chi connectivity index (χ0) is 10.7. The zero-order valence-electron chi connectivity index (χ0n) is 7.46. The lowest BCUT2D eigenvalue weighted by Gasteiger charge is -1.84. The fraction of sp³-hybridized carbons (Fsp3) is 0.500. The van der Waals surface area contributed by atoms with Crippen molar-refractivity contribution in [3.8, 4) is 0 Å². The molecule has 0 radical (unpaired) electrons. The lowest BCUT2D eigenvalue weighted by Crippen LogP contribution is -1.93. The van der Waals surface area contributed by atoms with E-state index < -0.39 is 5.97 Å². The third-order valence-electron chi connectivity index (χ3n) is 0.774. The van der Waals surface area contributed by atoms with Gasteiger partial charge in [-0.25, -0.2) is 0 Å². The summed E-state index contributed by atoms with van der Waals surface area (Å²) >= 11 is 3.11. The van der Waals surface area contributed by atoms with Gasteiger partial charge in [0, 0.05) is 18.7 Å². The van der Waals surface area contributed by atoms with Crippen LogP contribution < -0.4 is 0 Å². The molecule has 0 aromatic rings. The second-order valence-electron chi connectivity index (χ2n) is 1.96. The van der Waals surface area contributed by atoms with Gasteiger partial charge in [0.2, 0.25) is 0 Å². The van der Waals surface area contributed by atoms with Crippen LogP contribution in [0.5, 0.6) is 0 Å². The maximum Gasteiger partial charge on any atom is 0.307 e. The number of halogens is 1. The predicted octanol–water partition coefficient (Wildman–Crippen LogP) is 1.94. The molecule has 5 heteroatoms. The van der Waals surface area contributed by atoms with Crippen LogP contribution in [0.4, 0.5) is 0 Å². The third-order valence-corrected chi connectivity index (χ3v) is 1.33. The molecule has 4 nitrogen and oxygen atoms in total. The quantitative estimate of drug-likeness (QED) is 0.472. The van der Waals surface area contributed by atoms with E-state index in [0.717, 1.165) is 18.0 Å². The van der Waals surface area contributed by atoms with E-state index in [1.807, 2.05) is 0 Å². The van der Waals surface area contributed by atoms with Gasteiger partial charge < -0.3 is 9.84 Å². The van der Waals surface area contributed by atoms with Gasteiger partial charge in [-0.05, 0) is 6.42 Å². The van der Waals surface area contributed by atoms with Gasteiger partial charge in [-0.3, -0.25) is 9.59 Å². The van der Waals surface area contributed by atoms with E-state index in [0.29, 0.717) is 0 Å². The molecule has 0 aliphatic carbocycles. The van der Waals surface area contributed by atoms with Crippen LogP contribution in [0.25, 0.3) is 0 Å². The van der Waals surface area contributed by atoms with E-state index in [4.69, 9.17) is 5.11 Å². The molecule has 0 amide bonds. The molecule has 0 atom stereocenters. The molecule has 76 valence electrons. The van der Waals surface area contributed by atoms with Gasteiger partial charge in [0.1, 0.15) is 0 Å². The Morgan fingerprint density at radius 3 is 2.23 bits per heavy atom. The minimum absolute atomic E-state index is 0.269. The van der Waals surface area contributed by atoms with Crippen molar-refractivity contribution in [1.82, 2.24) is 0 Å². The van der Waals surface area contributed by atoms with Crippen LogP contribution >= 0.6 is 15.9 Å². The highest BCUT2D eigenvalue weighted by molar-refractivity contribution is 9.09. The molecule has 0 fully saturated rings. The number of hydrogen-bond acceptors (Lipinski definition) is 3. The number of rotatable bonds is 4. The Balaban J connectivity index is 0. The van der Waals surface area contributed by atoms with Gasteiger partial charge in [0.15, 0.2) is 0 Å². The summed E-state index contributed by atoms with van der Waals surface area (Å²) in [5, 5.41) is 8.80. The van der Waals surface area contributed by atoms with E-state index in [-0.39, 0.29) is 12.4 Å². The lowest BCUT2D eigenvalue weighted by molar-refractivity contribution is -0.137. The van der Waals surface area contributed by atoms with Crippen molar-refractivity contribution < 1.29 is 19.4 Å². The first-order valence-corrected chi connectivity index (χ1v) is 4.72. The Kier molecular flexibility index (Phi) is 12.6.